The molecule has 27 heavy (non-hydrogen) atoms. The lowest BCUT2D eigenvalue weighted by Crippen LogP contribution is -3.14. The highest BCUT2D eigenvalue weighted by molar-refractivity contribution is 7.15. The highest BCUT2D eigenvalue weighted by atomic mass is 32.1. The lowest BCUT2D eigenvalue weighted by Gasteiger charge is -2.36. The summed E-state index contributed by atoms with van der Waals surface area (Å²) >= 11 is 1.59. The maximum absolute atomic E-state index is 14.0. The van der Waals surface area contributed by atoms with Crippen molar-refractivity contribution in [2.75, 3.05) is 25.0 Å². The number of benzene rings is 1. The highest BCUT2D eigenvalue weighted by Crippen LogP contribution is 2.31. The van der Waals surface area contributed by atoms with E-state index in [4.69, 9.17) is 0 Å². The third kappa shape index (κ3) is 4.05. The number of aromatic nitrogens is 1. The highest BCUT2D eigenvalue weighted by Gasteiger charge is 2.38. The maximum Gasteiger partial charge on any atom is 0.281 e. The van der Waals surface area contributed by atoms with Crippen molar-refractivity contribution in [1.82, 2.24) is 4.98 Å². The van der Waals surface area contributed by atoms with E-state index in [0.717, 1.165) is 23.4 Å². The Balaban J connectivity index is 1.32. The molecule has 1 fully saturated rings. The van der Waals surface area contributed by atoms with Gasteiger partial charge < -0.3 is 10.0 Å². The summed E-state index contributed by atoms with van der Waals surface area (Å²) in [7, 11) is 0. The number of amides is 1. The molecule has 5 nitrogen and oxygen atoms in total. The molecule has 144 valence electrons. The average Bonchev–Trinajstić information content (AvgIpc) is 3.06. The molecule has 0 bridgehead atoms. The van der Waals surface area contributed by atoms with Crippen molar-refractivity contribution in [2.24, 2.45) is 0 Å². The van der Waals surface area contributed by atoms with Crippen LogP contribution in [-0.4, -0.2) is 35.6 Å². The largest absolute Gasteiger partial charge is 0.385 e. The van der Waals surface area contributed by atoms with E-state index >= 15 is 0 Å². The summed E-state index contributed by atoms with van der Waals surface area (Å²) in [5.41, 5.74) is 0.364. The number of fused-ring (bicyclic) bond motifs is 1. The summed E-state index contributed by atoms with van der Waals surface area (Å²) in [5.74, 6) is -0.415. The molecule has 7 heteroatoms. The number of carbonyl (C=O) groups is 1. The van der Waals surface area contributed by atoms with Crippen molar-refractivity contribution in [3.05, 3.63) is 46.2 Å². The van der Waals surface area contributed by atoms with E-state index in [1.54, 1.807) is 29.5 Å². The third-order valence-electron chi connectivity index (χ3n) is 5.66. The molecule has 0 spiro atoms. The fourth-order valence-electron chi connectivity index (χ4n) is 4.10. The second-order valence-electron chi connectivity index (χ2n) is 7.58. The molecule has 1 aliphatic carbocycles. The third-order valence-corrected chi connectivity index (χ3v) is 6.73. The van der Waals surface area contributed by atoms with Gasteiger partial charge in [-0.15, -0.1) is 11.3 Å². The molecule has 2 aliphatic rings. The lowest BCUT2D eigenvalue weighted by molar-refractivity contribution is -0.899. The first-order valence-electron chi connectivity index (χ1n) is 9.63. The number of nitrogens with zero attached hydrogens (tertiary/aromatic N) is 1. The number of halogens is 1. The normalized spacial score (nSPS) is 25.0. The lowest BCUT2D eigenvalue weighted by atomic mass is 9.84. The predicted octanol–water partition coefficient (Wildman–Crippen LogP) is 1.67. The molecule has 4 rings (SSSR count). The minimum Gasteiger partial charge on any atom is -0.385 e. The molecule has 1 aliphatic heterocycles. The standard InChI is InChI=1S/C20H24FN3O2S/c21-15-6-2-1-5-14(15)20(26)9-11-24(12-10-20)13-18(25)23-19-22-16-7-3-4-8-17(16)27-19/h1-2,5-6,26H,3-4,7-13H2,(H,22,23,25)/p+1. The number of likely N-dealkylation sites (tertiary alicyclic amines) is 1. The second-order valence-corrected chi connectivity index (χ2v) is 8.67. The first-order valence-corrected chi connectivity index (χ1v) is 10.4. The minimum absolute atomic E-state index is 0.0487. The van der Waals surface area contributed by atoms with Crippen LogP contribution in [0.15, 0.2) is 24.3 Å². The molecular weight excluding hydrogens is 365 g/mol. The van der Waals surface area contributed by atoms with Crippen LogP contribution in [0.1, 0.15) is 41.8 Å². The van der Waals surface area contributed by atoms with Crippen molar-refractivity contribution in [1.29, 1.82) is 0 Å². The minimum atomic E-state index is -1.14. The molecule has 1 aromatic carbocycles. The zero-order valence-corrected chi connectivity index (χ0v) is 16.1. The van der Waals surface area contributed by atoms with Crippen molar-refractivity contribution >= 4 is 22.4 Å². The van der Waals surface area contributed by atoms with Crippen LogP contribution >= 0.6 is 11.3 Å². The SMILES string of the molecule is O=C(C[NH+]1CCC(O)(c2ccccc2F)CC1)Nc1nc2c(s1)CCCC2. The Morgan fingerprint density at radius 1 is 1.26 bits per heavy atom. The van der Waals surface area contributed by atoms with Crippen LogP contribution in [0, 0.1) is 5.82 Å². The van der Waals surface area contributed by atoms with Crippen LogP contribution in [-0.2, 0) is 23.2 Å². The number of carbonyl (C=O) groups excluding carboxylic acids is 1. The zero-order valence-electron chi connectivity index (χ0n) is 15.3. The number of hydrogen-bond donors (Lipinski definition) is 3. The molecule has 2 heterocycles. The monoisotopic (exact) mass is 390 g/mol. The Morgan fingerprint density at radius 2 is 2.00 bits per heavy atom. The van der Waals surface area contributed by atoms with Crippen LogP contribution < -0.4 is 10.2 Å². The molecule has 0 radical (unpaired) electrons. The van der Waals surface area contributed by atoms with Gasteiger partial charge in [0.2, 0.25) is 0 Å². The van der Waals surface area contributed by atoms with E-state index in [1.165, 1.54) is 23.8 Å². The van der Waals surface area contributed by atoms with E-state index < -0.39 is 5.60 Å². The van der Waals surface area contributed by atoms with Gasteiger partial charge in [0.1, 0.15) is 11.4 Å². The van der Waals surface area contributed by atoms with Crippen LogP contribution in [0.3, 0.4) is 0 Å². The van der Waals surface area contributed by atoms with Gasteiger partial charge in [0, 0.05) is 23.3 Å². The van der Waals surface area contributed by atoms with Crippen LogP contribution in [0.4, 0.5) is 9.52 Å². The fraction of sp³-hybridized carbons (Fsp3) is 0.500. The molecule has 1 amide bonds. The summed E-state index contributed by atoms with van der Waals surface area (Å²) in [5, 5.41) is 14.5. The van der Waals surface area contributed by atoms with Crippen molar-refractivity contribution in [3.8, 4) is 0 Å². The van der Waals surface area contributed by atoms with Gasteiger partial charge in [-0.05, 0) is 31.7 Å². The summed E-state index contributed by atoms with van der Waals surface area (Å²) in [4.78, 5) is 19.4. The van der Waals surface area contributed by atoms with E-state index in [9.17, 15) is 14.3 Å². The van der Waals surface area contributed by atoms with Gasteiger partial charge in [-0.1, -0.05) is 18.2 Å². The summed E-state index contributed by atoms with van der Waals surface area (Å²) in [6.07, 6.45) is 5.34. The Bertz CT molecular complexity index is 807. The number of quaternary nitrogens is 1. The number of aliphatic hydroxyl groups is 1. The summed E-state index contributed by atoms with van der Waals surface area (Å²) < 4.78 is 14.0. The number of rotatable bonds is 4. The molecule has 0 saturated carbocycles. The van der Waals surface area contributed by atoms with E-state index in [1.807, 2.05) is 0 Å². The number of hydrogen-bond acceptors (Lipinski definition) is 4. The van der Waals surface area contributed by atoms with Gasteiger partial charge in [0.25, 0.3) is 5.91 Å². The van der Waals surface area contributed by atoms with Gasteiger partial charge in [-0.2, -0.15) is 0 Å². The van der Waals surface area contributed by atoms with Crippen molar-refractivity contribution < 1.29 is 19.2 Å². The zero-order chi connectivity index (χ0) is 18.9. The first-order chi connectivity index (χ1) is 13.0. The molecule has 0 atom stereocenters. The van der Waals surface area contributed by atoms with Crippen LogP contribution in [0.25, 0.3) is 0 Å². The van der Waals surface area contributed by atoms with Crippen LogP contribution in [0.2, 0.25) is 0 Å². The Hall–Kier alpha value is -1.83. The van der Waals surface area contributed by atoms with Gasteiger partial charge in [0.15, 0.2) is 11.7 Å². The van der Waals surface area contributed by atoms with Gasteiger partial charge in [0.05, 0.1) is 18.8 Å². The van der Waals surface area contributed by atoms with E-state index in [2.05, 4.69) is 10.3 Å². The fourth-order valence-corrected chi connectivity index (χ4v) is 5.16. The van der Waals surface area contributed by atoms with Gasteiger partial charge in [-0.25, -0.2) is 9.37 Å². The second kappa shape index (κ2) is 7.66. The number of thiazole rings is 1. The topological polar surface area (TPSA) is 66.7 Å². The van der Waals surface area contributed by atoms with Crippen molar-refractivity contribution in [3.63, 3.8) is 0 Å². The quantitative estimate of drug-likeness (QED) is 0.744. The molecule has 0 unspecified atom stereocenters. The maximum atomic E-state index is 14.0. The Labute approximate surface area is 162 Å². The molecule has 2 aromatic rings. The summed E-state index contributed by atoms with van der Waals surface area (Å²) in [6.45, 7) is 1.61. The molecule has 1 saturated heterocycles. The molecule has 1 aromatic heterocycles. The number of anilines is 1. The Kier molecular flexibility index (Phi) is 5.25. The molecule has 3 N–H and O–H groups in total. The van der Waals surface area contributed by atoms with E-state index in [0.29, 0.717) is 43.2 Å². The number of piperidine rings is 1. The van der Waals surface area contributed by atoms with Crippen LogP contribution in [0.5, 0.6) is 0 Å². The smallest absolute Gasteiger partial charge is 0.281 e. The van der Waals surface area contributed by atoms with Crippen molar-refractivity contribution in [2.45, 2.75) is 44.1 Å². The van der Waals surface area contributed by atoms with E-state index in [-0.39, 0.29) is 11.7 Å². The molecular formula is C20H25FN3O2S+. The van der Waals surface area contributed by atoms with Gasteiger partial charge in [-0.3, -0.25) is 10.1 Å². The predicted molar refractivity (Wildman–Crippen MR) is 102 cm³/mol. The summed E-state index contributed by atoms with van der Waals surface area (Å²) in [6, 6.07) is 6.41. The Morgan fingerprint density at radius 3 is 2.74 bits per heavy atom. The van der Waals surface area contributed by atoms with Gasteiger partial charge >= 0.3 is 0 Å². The average molecular weight is 391 g/mol. The number of aryl methyl sites for hydroxylation is 2. The first kappa shape index (κ1) is 18.5. The number of nitrogens with one attached hydrogen (secondary N) is 2.